The third kappa shape index (κ3) is 9.41. The number of rotatable bonds is 11. The van der Waals surface area contributed by atoms with E-state index >= 15 is 0 Å². The average Bonchev–Trinajstić information content (AvgIpc) is 3.47. The van der Waals surface area contributed by atoms with E-state index in [9.17, 15) is 9.59 Å². The number of carbonyl (C=O) groups is 2. The summed E-state index contributed by atoms with van der Waals surface area (Å²) in [6.45, 7) is 9.60. The number of nitrogens with one attached hydrogen (secondary N) is 1. The Balaban J connectivity index is 0.000000628. The lowest BCUT2D eigenvalue weighted by Crippen LogP contribution is -2.53. The molecule has 0 aromatic heterocycles. The van der Waals surface area contributed by atoms with E-state index in [1.807, 2.05) is 0 Å². The SMILES string of the molecule is C1CCCCC1.CCC(N)CC(NC1CCCC(C2COC3C(=O)C=C(N4CCOCC4)OC32)C1)C(C(N)=O)C(C)CC. The summed E-state index contributed by atoms with van der Waals surface area (Å²) in [5.74, 6) is 0.929. The number of morpholine rings is 1. The summed E-state index contributed by atoms with van der Waals surface area (Å²) in [5, 5.41) is 3.85. The number of nitrogens with two attached hydrogens (primary N) is 2. The van der Waals surface area contributed by atoms with Crippen LogP contribution in [-0.2, 0) is 23.8 Å². The van der Waals surface area contributed by atoms with Crippen LogP contribution in [0, 0.1) is 23.7 Å². The maximum Gasteiger partial charge on any atom is 0.222 e. The van der Waals surface area contributed by atoms with Crippen molar-refractivity contribution >= 4 is 11.7 Å². The molecule has 2 saturated heterocycles. The molecule has 5 N–H and O–H groups in total. The number of amides is 1. The van der Waals surface area contributed by atoms with Crippen LogP contribution < -0.4 is 16.8 Å². The molecule has 2 aliphatic carbocycles. The lowest BCUT2D eigenvalue weighted by molar-refractivity contribution is -0.133. The highest BCUT2D eigenvalue weighted by Crippen LogP contribution is 2.41. The van der Waals surface area contributed by atoms with Gasteiger partial charge in [0, 0.05) is 43.2 Å². The van der Waals surface area contributed by atoms with Gasteiger partial charge in [-0.15, -0.1) is 0 Å². The Labute approximate surface area is 260 Å². The highest BCUT2D eigenvalue weighted by Gasteiger charge is 2.50. The fourth-order valence-electron chi connectivity index (χ4n) is 7.82. The van der Waals surface area contributed by atoms with Gasteiger partial charge in [0.25, 0.3) is 0 Å². The van der Waals surface area contributed by atoms with Crippen molar-refractivity contribution in [3.63, 3.8) is 0 Å². The van der Waals surface area contributed by atoms with Gasteiger partial charge < -0.3 is 35.9 Å². The van der Waals surface area contributed by atoms with Gasteiger partial charge in [0.1, 0.15) is 6.10 Å². The lowest BCUT2D eigenvalue weighted by atomic mass is 9.74. The van der Waals surface area contributed by atoms with Crippen molar-refractivity contribution in [2.75, 3.05) is 32.9 Å². The second-order valence-corrected chi connectivity index (χ2v) is 13.7. The minimum absolute atomic E-state index is 0.0113. The van der Waals surface area contributed by atoms with Crippen molar-refractivity contribution in [3.05, 3.63) is 12.0 Å². The predicted molar refractivity (Wildman–Crippen MR) is 169 cm³/mol. The first-order valence-electron chi connectivity index (χ1n) is 17.5. The van der Waals surface area contributed by atoms with E-state index in [4.69, 9.17) is 25.7 Å². The smallest absolute Gasteiger partial charge is 0.222 e. The topological polar surface area (TPSA) is 129 Å². The fourth-order valence-corrected chi connectivity index (χ4v) is 7.82. The van der Waals surface area contributed by atoms with Crippen molar-refractivity contribution in [2.24, 2.45) is 35.1 Å². The largest absolute Gasteiger partial charge is 0.472 e. The molecule has 9 unspecified atom stereocenters. The molecule has 2 saturated carbocycles. The Morgan fingerprint density at radius 1 is 1.05 bits per heavy atom. The number of primary amides is 1. The molecule has 9 atom stereocenters. The first-order valence-corrected chi connectivity index (χ1v) is 17.5. The van der Waals surface area contributed by atoms with E-state index in [1.54, 1.807) is 6.08 Å². The summed E-state index contributed by atoms with van der Waals surface area (Å²) < 4.78 is 18.0. The fraction of sp³-hybridized carbons (Fsp3) is 0.882. The average molecular weight is 605 g/mol. The number of carbonyl (C=O) groups excluding carboxylic acids is 2. The van der Waals surface area contributed by atoms with E-state index in [0.717, 1.165) is 58.0 Å². The first-order chi connectivity index (χ1) is 20.8. The zero-order chi connectivity index (χ0) is 30.8. The molecule has 0 radical (unpaired) electrons. The van der Waals surface area contributed by atoms with Crippen LogP contribution in [0.3, 0.4) is 0 Å². The van der Waals surface area contributed by atoms with Gasteiger partial charge in [0.2, 0.25) is 5.91 Å². The van der Waals surface area contributed by atoms with Crippen LogP contribution in [0.1, 0.15) is 104 Å². The van der Waals surface area contributed by atoms with Crippen LogP contribution in [0.5, 0.6) is 0 Å². The molecule has 43 heavy (non-hydrogen) atoms. The molecule has 3 aliphatic heterocycles. The Morgan fingerprint density at radius 2 is 1.72 bits per heavy atom. The number of hydrogen-bond donors (Lipinski definition) is 3. The van der Waals surface area contributed by atoms with Gasteiger partial charge in [-0.05, 0) is 43.9 Å². The van der Waals surface area contributed by atoms with Gasteiger partial charge in [-0.1, -0.05) is 72.1 Å². The molecule has 9 nitrogen and oxygen atoms in total. The number of fused-ring (bicyclic) bond motifs is 1. The summed E-state index contributed by atoms with van der Waals surface area (Å²) >= 11 is 0. The van der Waals surface area contributed by atoms with Gasteiger partial charge in [-0.25, -0.2) is 0 Å². The standard InChI is InChI=1S/C28H48N4O5.C6H12/c1-4-17(3)25(28(30)34)22(14-19(29)5-2)31-20-8-6-7-18(13-20)21-16-36-27-23(33)15-24(37-26(21)27)32-9-11-35-12-10-32;1-2-4-6-5-3-1/h15,17-22,25-27,31H,4-14,16,29H2,1-3H3,(H2,30,34);1-6H2. The van der Waals surface area contributed by atoms with Gasteiger partial charge >= 0.3 is 0 Å². The van der Waals surface area contributed by atoms with E-state index in [-0.39, 0.29) is 53.7 Å². The van der Waals surface area contributed by atoms with E-state index in [2.05, 4.69) is 31.0 Å². The quantitative estimate of drug-likeness (QED) is 0.319. The minimum atomic E-state index is -0.511. The molecule has 0 bridgehead atoms. The van der Waals surface area contributed by atoms with Crippen LogP contribution in [-0.4, -0.2) is 79.8 Å². The summed E-state index contributed by atoms with van der Waals surface area (Å²) in [6, 6.07) is 0.257. The summed E-state index contributed by atoms with van der Waals surface area (Å²) in [5.41, 5.74) is 12.3. The van der Waals surface area contributed by atoms with E-state index in [0.29, 0.717) is 31.6 Å². The second kappa shape index (κ2) is 17.1. The van der Waals surface area contributed by atoms with Crippen molar-refractivity contribution in [2.45, 2.75) is 135 Å². The number of nitrogens with zero attached hydrogens (tertiary/aromatic N) is 1. The van der Waals surface area contributed by atoms with Crippen LogP contribution in [0.15, 0.2) is 12.0 Å². The Hall–Kier alpha value is -1.68. The molecule has 3 heterocycles. The third-order valence-electron chi connectivity index (χ3n) is 10.7. The minimum Gasteiger partial charge on any atom is -0.472 e. The molecule has 0 aromatic rings. The molecular weight excluding hydrogens is 544 g/mol. The summed E-state index contributed by atoms with van der Waals surface area (Å²) in [7, 11) is 0. The van der Waals surface area contributed by atoms with Crippen molar-refractivity contribution in [1.82, 2.24) is 10.2 Å². The van der Waals surface area contributed by atoms with Crippen molar-refractivity contribution < 1.29 is 23.8 Å². The molecule has 9 heteroatoms. The highest BCUT2D eigenvalue weighted by atomic mass is 16.6. The number of ketones is 1. The van der Waals surface area contributed by atoms with Crippen molar-refractivity contribution in [3.8, 4) is 0 Å². The number of ether oxygens (including phenoxy) is 3. The van der Waals surface area contributed by atoms with E-state index < -0.39 is 6.10 Å². The maximum atomic E-state index is 12.9. The zero-order valence-electron chi connectivity index (χ0n) is 27.1. The molecule has 246 valence electrons. The normalized spacial score (nSPS) is 32.3. The maximum absolute atomic E-state index is 12.9. The van der Waals surface area contributed by atoms with Gasteiger partial charge in [0.15, 0.2) is 17.8 Å². The van der Waals surface area contributed by atoms with Crippen molar-refractivity contribution in [1.29, 1.82) is 0 Å². The lowest BCUT2D eigenvalue weighted by Gasteiger charge is -2.41. The predicted octanol–water partition coefficient (Wildman–Crippen LogP) is 4.28. The molecule has 5 rings (SSSR count). The highest BCUT2D eigenvalue weighted by molar-refractivity contribution is 5.95. The van der Waals surface area contributed by atoms with E-state index in [1.165, 1.54) is 38.5 Å². The molecule has 0 aromatic carbocycles. The molecule has 4 fully saturated rings. The monoisotopic (exact) mass is 604 g/mol. The second-order valence-electron chi connectivity index (χ2n) is 13.7. The third-order valence-corrected chi connectivity index (χ3v) is 10.7. The van der Waals surface area contributed by atoms with Crippen LogP contribution in [0.2, 0.25) is 0 Å². The summed E-state index contributed by atoms with van der Waals surface area (Å²) in [6.07, 6.45) is 16.6. The van der Waals surface area contributed by atoms with Crippen LogP contribution in [0.4, 0.5) is 0 Å². The zero-order valence-corrected chi connectivity index (χ0v) is 27.1. The molecular formula is C34H60N4O5. The Bertz CT molecular complexity index is 894. The molecule has 1 amide bonds. The summed E-state index contributed by atoms with van der Waals surface area (Å²) in [4.78, 5) is 27.6. The number of hydrogen-bond acceptors (Lipinski definition) is 8. The van der Waals surface area contributed by atoms with Crippen LogP contribution in [0.25, 0.3) is 0 Å². The molecule has 0 spiro atoms. The van der Waals surface area contributed by atoms with Crippen LogP contribution >= 0.6 is 0 Å². The Morgan fingerprint density at radius 3 is 2.33 bits per heavy atom. The Kier molecular flexibility index (Phi) is 13.6. The van der Waals surface area contributed by atoms with Gasteiger partial charge in [0.05, 0.1) is 25.7 Å². The first kappa shape index (κ1) is 34.2. The van der Waals surface area contributed by atoms with Gasteiger partial charge in [-0.3, -0.25) is 9.59 Å². The van der Waals surface area contributed by atoms with Gasteiger partial charge in [-0.2, -0.15) is 0 Å². The molecule has 5 aliphatic rings.